The van der Waals surface area contributed by atoms with Crippen LogP contribution < -0.4 is 11.3 Å². The molecule has 1 spiro atoms. The molecule has 5 heteroatoms. The summed E-state index contributed by atoms with van der Waals surface area (Å²) in [5.41, 5.74) is 4.22. The highest BCUT2D eigenvalue weighted by atomic mass is 16.5. The fraction of sp³-hybridized carbons (Fsp3) is 0.714. The zero-order chi connectivity index (χ0) is 13.1. The van der Waals surface area contributed by atoms with Gasteiger partial charge in [0.15, 0.2) is 0 Å². The molecule has 2 unspecified atom stereocenters. The van der Waals surface area contributed by atoms with Gasteiger partial charge in [-0.15, -0.1) is 0 Å². The van der Waals surface area contributed by atoms with Crippen molar-refractivity contribution in [3.8, 4) is 0 Å². The first-order chi connectivity index (χ1) is 9.33. The Kier molecular flexibility index (Phi) is 3.77. The standard InChI is InChI=1S/C14H22N4O/c15-18-13(12-3-7-16-17-10-12)11-4-8-19-14(9-11)5-1-2-6-14/h3,7,10-11,13,18H,1-2,4-6,8-9,15H2. The molecule has 2 heterocycles. The van der Waals surface area contributed by atoms with Crippen molar-refractivity contribution in [1.29, 1.82) is 0 Å². The van der Waals surface area contributed by atoms with Crippen molar-refractivity contribution in [3.05, 3.63) is 24.0 Å². The number of nitrogens with two attached hydrogens (primary N) is 1. The summed E-state index contributed by atoms with van der Waals surface area (Å²) < 4.78 is 6.09. The Morgan fingerprint density at radius 2 is 2.21 bits per heavy atom. The second kappa shape index (κ2) is 5.53. The molecule has 19 heavy (non-hydrogen) atoms. The Labute approximate surface area is 113 Å². The van der Waals surface area contributed by atoms with Gasteiger partial charge in [0.05, 0.1) is 17.8 Å². The Bertz CT molecular complexity index is 405. The zero-order valence-electron chi connectivity index (χ0n) is 11.2. The SMILES string of the molecule is NNC(c1ccnnc1)C1CCOC2(CCCC2)C1. The summed E-state index contributed by atoms with van der Waals surface area (Å²) >= 11 is 0. The number of hydrazine groups is 1. The van der Waals surface area contributed by atoms with Gasteiger partial charge in [-0.1, -0.05) is 12.8 Å². The third kappa shape index (κ3) is 2.63. The van der Waals surface area contributed by atoms with E-state index in [1.54, 1.807) is 12.4 Å². The van der Waals surface area contributed by atoms with Gasteiger partial charge in [0.25, 0.3) is 0 Å². The van der Waals surface area contributed by atoms with Crippen LogP contribution in [-0.4, -0.2) is 22.4 Å². The first kappa shape index (κ1) is 13.0. The minimum atomic E-state index is 0.123. The van der Waals surface area contributed by atoms with Crippen LogP contribution >= 0.6 is 0 Å². The minimum Gasteiger partial charge on any atom is -0.375 e. The van der Waals surface area contributed by atoms with Gasteiger partial charge in [0, 0.05) is 12.8 Å². The van der Waals surface area contributed by atoms with E-state index in [9.17, 15) is 0 Å². The van der Waals surface area contributed by atoms with E-state index in [0.717, 1.165) is 25.0 Å². The average molecular weight is 262 g/mol. The summed E-state index contributed by atoms with van der Waals surface area (Å²) in [7, 11) is 0. The Morgan fingerprint density at radius 3 is 2.89 bits per heavy atom. The summed E-state index contributed by atoms with van der Waals surface area (Å²) in [6.45, 7) is 0.849. The largest absolute Gasteiger partial charge is 0.375 e. The molecule has 2 aliphatic rings. The van der Waals surface area contributed by atoms with Crippen molar-refractivity contribution in [2.45, 2.75) is 50.2 Å². The van der Waals surface area contributed by atoms with Gasteiger partial charge in [-0.2, -0.15) is 10.2 Å². The fourth-order valence-corrected chi connectivity index (χ4v) is 3.71. The molecule has 104 valence electrons. The zero-order valence-corrected chi connectivity index (χ0v) is 11.2. The number of ether oxygens (including phenoxy) is 1. The second-order valence-electron chi connectivity index (χ2n) is 5.81. The van der Waals surface area contributed by atoms with Crippen LogP contribution in [0.1, 0.15) is 50.1 Å². The van der Waals surface area contributed by atoms with Gasteiger partial charge in [0.1, 0.15) is 0 Å². The molecule has 1 saturated heterocycles. The minimum absolute atomic E-state index is 0.123. The molecule has 3 N–H and O–H groups in total. The lowest BCUT2D eigenvalue weighted by molar-refractivity contribution is -0.0982. The van der Waals surface area contributed by atoms with Crippen molar-refractivity contribution in [2.75, 3.05) is 6.61 Å². The maximum atomic E-state index is 6.09. The van der Waals surface area contributed by atoms with Crippen LogP contribution in [0.3, 0.4) is 0 Å². The molecule has 0 amide bonds. The summed E-state index contributed by atoms with van der Waals surface area (Å²) in [4.78, 5) is 0. The molecule has 5 nitrogen and oxygen atoms in total. The highest BCUT2D eigenvalue weighted by Crippen LogP contribution is 2.45. The van der Waals surface area contributed by atoms with Gasteiger partial charge in [0.2, 0.25) is 0 Å². The van der Waals surface area contributed by atoms with Gasteiger partial charge < -0.3 is 4.74 Å². The molecule has 2 atom stereocenters. The lowest BCUT2D eigenvalue weighted by Crippen LogP contribution is -2.43. The third-order valence-corrected chi connectivity index (χ3v) is 4.66. The van der Waals surface area contributed by atoms with Crippen molar-refractivity contribution in [2.24, 2.45) is 11.8 Å². The number of nitrogens with zero attached hydrogens (tertiary/aromatic N) is 2. The smallest absolute Gasteiger partial charge is 0.0686 e. The van der Waals surface area contributed by atoms with Crippen LogP contribution in [0.2, 0.25) is 0 Å². The lowest BCUT2D eigenvalue weighted by atomic mass is 9.79. The van der Waals surface area contributed by atoms with E-state index < -0.39 is 0 Å². The first-order valence-electron chi connectivity index (χ1n) is 7.20. The van der Waals surface area contributed by atoms with Crippen LogP contribution in [0.15, 0.2) is 18.5 Å². The van der Waals surface area contributed by atoms with Crippen molar-refractivity contribution in [1.82, 2.24) is 15.6 Å². The van der Waals surface area contributed by atoms with E-state index in [-0.39, 0.29) is 11.6 Å². The van der Waals surface area contributed by atoms with Crippen LogP contribution in [0.5, 0.6) is 0 Å². The average Bonchev–Trinajstić information content (AvgIpc) is 2.89. The fourth-order valence-electron chi connectivity index (χ4n) is 3.71. The van der Waals surface area contributed by atoms with E-state index in [0.29, 0.717) is 5.92 Å². The molecular weight excluding hydrogens is 240 g/mol. The lowest BCUT2D eigenvalue weighted by Gasteiger charge is -2.41. The van der Waals surface area contributed by atoms with Crippen LogP contribution in [0.4, 0.5) is 0 Å². The summed E-state index contributed by atoms with van der Waals surface area (Å²) in [5.74, 6) is 6.30. The van der Waals surface area contributed by atoms with Crippen molar-refractivity contribution >= 4 is 0 Å². The van der Waals surface area contributed by atoms with E-state index in [4.69, 9.17) is 10.6 Å². The molecule has 1 aromatic rings. The molecule has 3 rings (SSSR count). The monoisotopic (exact) mass is 262 g/mol. The predicted octanol–water partition coefficient (Wildman–Crippen LogP) is 1.72. The topological polar surface area (TPSA) is 73.1 Å². The summed E-state index contributed by atoms with van der Waals surface area (Å²) in [5, 5.41) is 7.80. The van der Waals surface area contributed by atoms with E-state index in [2.05, 4.69) is 15.6 Å². The number of aromatic nitrogens is 2. The van der Waals surface area contributed by atoms with Crippen LogP contribution in [-0.2, 0) is 4.74 Å². The molecule has 0 aromatic carbocycles. The Balaban J connectivity index is 1.76. The Morgan fingerprint density at radius 1 is 1.37 bits per heavy atom. The molecule has 1 aromatic heterocycles. The summed E-state index contributed by atoms with van der Waals surface area (Å²) in [6, 6.07) is 2.14. The first-order valence-corrected chi connectivity index (χ1v) is 7.20. The molecular formula is C14H22N4O. The van der Waals surface area contributed by atoms with Gasteiger partial charge >= 0.3 is 0 Å². The van der Waals surface area contributed by atoms with Gasteiger partial charge in [-0.3, -0.25) is 11.3 Å². The van der Waals surface area contributed by atoms with Gasteiger partial charge in [-0.25, -0.2) is 0 Å². The van der Waals surface area contributed by atoms with Gasteiger partial charge in [-0.05, 0) is 43.2 Å². The van der Waals surface area contributed by atoms with Crippen LogP contribution in [0.25, 0.3) is 0 Å². The van der Waals surface area contributed by atoms with E-state index in [1.165, 1.54) is 25.7 Å². The highest BCUT2D eigenvalue weighted by Gasteiger charge is 2.42. The summed E-state index contributed by atoms with van der Waals surface area (Å²) in [6.07, 6.45) is 10.7. The molecule has 1 aliphatic heterocycles. The normalized spacial score (nSPS) is 27.5. The maximum Gasteiger partial charge on any atom is 0.0686 e. The maximum absolute atomic E-state index is 6.09. The van der Waals surface area contributed by atoms with E-state index >= 15 is 0 Å². The predicted molar refractivity (Wildman–Crippen MR) is 72.0 cm³/mol. The molecule has 1 saturated carbocycles. The van der Waals surface area contributed by atoms with Crippen LogP contribution in [0, 0.1) is 5.92 Å². The second-order valence-corrected chi connectivity index (χ2v) is 5.81. The highest BCUT2D eigenvalue weighted by molar-refractivity contribution is 5.13. The van der Waals surface area contributed by atoms with Crippen molar-refractivity contribution in [3.63, 3.8) is 0 Å². The number of hydrogen-bond donors (Lipinski definition) is 2. The number of nitrogens with one attached hydrogen (secondary N) is 1. The Hall–Kier alpha value is -1.04. The quantitative estimate of drug-likeness (QED) is 0.641. The molecule has 1 aliphatic carbocycles. The molecule has 0 radical (unpaired) electrons. The molecule has 0 bridgehead atoms. The van der Waals surface area contributed by atoms with E-state index in [1.807, 2.05) is 6.07 Å². The number of rotatable bonds is 3. The third-order valence-electron chi connectivity index (χ3n) is 4.66. The van der Waals surface area contributed by atoms with Crippen molar-refractivity contribution < 1.29 is 4.74 Å². The molecule has 2 fully saturated rings. The number of hydrogen-bond acceptors (Lipinski definition) is 5.